The number of aliphatic carboxylic acids is 1. The highest BCUT2D eigenvalue weighted by atomic mass is 16.4. The van der Waals surface area contributed by atoms with Gasteiger partial charge in [0.05, 0.1) is 0 Å². The molecule has 0 aromatic heterocycles. The lowest BCUT2D eigenvalue weighted by molar-refractivity contribution is -0.132. The van der Waals surface area contributed by atoms with Crippen LogP contribution in [0.1, 0.15) is 10.4 Å². The molecule has 2 rings (SSSR count). The highest BCUT2D eigenvalue weighted by molar-refractivity contribution is 6.24. The van der Waals surface area contributed by atoms with E-state index in [9.17, 15) is 9.59 Å². The molecule has 2 aromatic carbocycles. The Hall–Kier alpha value is -2.62. The third kappa shape index (κ3) is 2.85. The van der Waals surface area contributed by atoms with E-state index in [-0.39, 0.29) is 5.57 Å². The van der Waals surface area contributed by atoms with E-state index in [1.54, 1.807) is 31.1 Å². The second kappa shape index (κ2) is 5.57. The summed E-state index contributed by atoms with van der Waals surface area (Å²) in [6, 6.07) is 12.8. The second-order valence-corrected chi connectivity index (χ2v) is 4.70. The van der Waals surface area contributed by atoms with Gasteiger partial charge >= 0.3 is 5.97 Å². The molecule has 0 aliphatic heterocycles. The molecule has 20 heavy (non-hydrogen) atoms. The third-order valence-corrected chi connectivity index (χ3v) is 2.87. The Labute approximate surface area is 116 Å². The van der Waals surface area contributed by atoms with Crippen molar-refractivity contribution in [2.24, 2.45) is 0 Å². The Balaban J connectivity index is 2.46. The fourth-order valence-electron chi connectivity index (χ4n) is 1.96. The maximum absolute atomic E-state index is 12.3. The van der Waals surface area contributed by atoms with Crippen LogP contribution >= 0.6 is 0 Å². The quantitative estimate of drug-likeness (QED) is 0.401. The van der Waals surface area contributed by atoms with Crippen molar-refractivity contribution in [1.29, 1.82) is 0 Å². The van der Waals surface area contributed by atoms with Crippen molar-refractivity contribution in [3.05, 3.63) is 59.8 Å². The molecule has 4 nitrogen and oxygen atoms in total. The number of benzene rings is 2. The van der Waals surface area contributed by atoms with Gasteiger partial charge in [0.1, 0.15) is 5.57 Å². The van der Waals surface area contributed by atoms with E-state index >= 15 is 0 Å². The molecule has 0 aliphatic carbocycles. The van der Waals surface area contributed by atoms with Crippen molar-refractivity contribution >= 4 is 22.5 Å². The summed E-state index contributed by atoms with van der Waals surface area (Å²) in [6.07, 6.45) is 1.32. The third-order valence-electron chi connectivity index (χ3n) is 2.87. The minimum absolute atomic E-state index is 0.245. The monoisotopic (exact) mass is 269 g/mol. The van der Waals surface area contributed by atoms with E-state index in [4.69, 9.17) is 5.11 Å². The standard InChI is InChI=1S/C16H15NO3/c1-17(2)10-14(16(19)20)15(18)13-8-7-11-5-3-4-6-12(11)9-13/h3-10H,1-2H3,(H,19,20)/b14-10-. The number of carbonyl (C=O) groups is 2. The maximum atomic E-state index is 12.3. The second-order valence-electron chi connectivity index (χ2n) is 4.70. The summed E-state index contributed by atoms with van der Waals surface area (Å²) >= 11 is 0. The van der Waals surface area contributed by atoms with Crippen LogP contribution in [-0.2, 0) is 4.79 Å². The van der Waals surface area contributed by atoms with E-state index in [1.165, 1.54) is 6.20 Å². The predicted molar refractivity (Wildman–Crippen MR) is 77.7 cm³/mol. The van der Waals surface area contributed by atoms with Gasteiger partial charge in [0.2, 0.25) is 5.78 Å². The summed E-state index contributed by atoms with van der Waals surface area (Å²) < 4.78 is 0. The molecule has 0 unspecified atom stereocenters. The Morgan fingerprint density at radius 1 is 1.05 bits per heavy atom. The minimum atomic E-state index is -1.23. The molecule has 0 heterocycles. The van der Waals surface area contributed by atoms with Crippen molar-refractivity contribution < 1.29 is 14.7 Å². The van der Waals surface area contributed by atoms with Crippen molar-refractivity contribution in [1.82, 2.24) is 4.90 Å². The molecule has 2 aromatic rings. The summed E-state index contributed by atoms with van der Waals surface area (Å²) in [5.74, 6) is -1.71. The van der Waals surface area contributed by atoms with Gasteiger partial charge in [-0.3, -0.25) is 4.79 Å². The fraction of sp³-hybridized carbons (Fsp3) is 0.125. The highest BCUT2D eigenvalue weighted by Crippen LogP contribution is 2.18. The fourth-order valence-corrected chi connectivity index (χ4v) is 1.96. The Kier molecular flexibility index (Phi) is 3.84. The Morgan fingerprint density at radius 3 is 2.30 bits per heavy atom. The van der Waals surface area contributed by atoms with Crippen LogP contribution < -0.4 is 0 Å². The van der Waals surface area contributed by atoms with E-state index < -0.39 is 11.8 Å². The first-order valence-corrected chi connectivity index (χ1v) is 6.14. The largest absolute Gasteiger partial charge is 0.477 e. The average molecular weight is 269 g/mol. The van der Waals surface area contributed by atoms with E-state index in [2.05, 4.69) is 0 Å². The number of Topliss-reactive ketones (excluding diaryl/α,β-unsaturated/α-hetero) is 1. The van der Waals surface area contributed by atoms with Gasteiger partial charge < -0.3 is 10.0 Å². The number of rotatable bonds is 4. The first-order chi connectivity index (χ1) is 9.49. The Morgan fingerprint density at radius 2 is 1.70 bits per heavy atom. The van der Waals surface area contributed by atoms with Crippen molar-refractivity contribution in [2.75, 3.05) is 14.1 Å². The van der Waals surface area contributed by atoms with Crippen LogP contribution in [0.2, 0.25) is 0 Å². The van der Waals surface area contributed by atoms with Gasteiger partial charge in [-0.25, -0.2) is 4.79 Å². The zero-order chi connectivity index (χ0) is 14.7. The molecule has 0 amide bonds. The van der Waals surface area contributed by atoms with E-state index in [1.807, 2.05) is 30.3 Å². The van der Waals surface area contributed by atoms with Crippen LogP contribution in [0.5, 0.6) is 0 Å². The lowest BCUT2D eigenvalue weighted by atomic mass is 10.0. The van der Waals surface area contributed by atoms with Crippen LogP contribution in [0.4, 0.5) is 0 Å². The zero-order valence-electron chi connectivity index (χ0n) is 11.3. The number of ketones is 1. The lowest BCUT2D eigenvalue weighted by Crippen LogP contribution is -2.16. The van der Waals surface area contributed by atoms with Gasteiger partial charge in [-0.05, 0) is 16.8 Å². The highest BCUT2D eigenvalue weighted by Gasteiger charge is 2.19. The number of fused-ring (bicyclic) bond motifs is 1. The first-order valence-electron chi connectivity index (χ1n) is 6.14. The molecule has 4 heteroatoms. The molecule has 0 atom stereocenters. The smallest absolute Gasteiger partial charge is 0.341 e. The van der Waals surface area contributed by atoms with Crippen LogP contribution in [0.25, 0.3) is 10.8 Å². The lowest BCUT2D eigenvalue weighted by Gasteiger charge is -2.08. The number of hydrogen-bond donors (Lipinski definition) is 1. The predicted octanol–water partition coefficient (Wildman–Crippen LogP) is 2.55. The molecular formula is C16H15NO3. The number of carbonyl (C=O) groups excluding carboxylic acids is 1. The molecule has 0 bridgehead atoms. The summed E-state index contributed by atoms with van der Waals surface area (Å²) in [4.78, 5) is 25.0. The van der Waals surface area contributed by atoms with Crippen molar-refractivity contribution in [3.63, 3.8) is 0 Å². The van der Waals surface area contributed by atoms with Crippen LogP contribution in [-0.4, -0.2) is 35.9 Å². The summed E-state index contributed by atoms with van der Waals surface area (Å²) in [7, 11) is 3.35. The van der Waals surface area contributed by atoms with E-state index in [0.717, 1.165) is 10.8 Å². The van der Waals surface area contributed by atoms with Gasteiger partial charge in [-0.1, -0.05) is 36.4 Å². The maximum Gasteiger partial charge on any atom is 0.341 e. The van der Waals surface area contributed by atoms with Gasteiger partial charge in [-0.15, -0.1) is 0 Å². The van der Waals surface area contributed by atoms with Gasteiger partial charge in [0, 0.05) is 25.9 Å². The topological polar surface area (TPSA) is 57.6 Å². The van der Waals surface area contributed by atoms with Crippen LogP contribution in [0.15, 0.2) is 54.2 Å². The molecule has 0 aliphatic rings. The van der Waals surface area contributed by atoms with Crippen LogP contribution in [0.3, 0.4) is 0 Å². The summed E-state index contributed by atoms with van der Waals surface area (Å²) in [6.45, 7) is 0. The number of hydrogen-bond acceptors (Lipinski definition) is 3. The molecule has 102 valence electrons. The number of carboxylic acid groups (broad SMARTS) is 1. The molecule has 0 spiro atoms. The average Bonchev–Trinajstić information content (AvgIpc) is 2.43. The molecule has 0 saturated carbocycles. The van der Waals surface area contributed by atoms with Gasteiger partial charge in [0.15, 0.2) is 0 Å². The molecule has 0 fully saturated rings. The minimum Gasteiger partial charge on any atom is -0.477 e. The zero-order valence-corrected chi connectivity index (χ0v) is 11.3. The Bertz CT molecular complexity index is 702. The summed E-state index contributed by atoms with van der Waals surface area (Å²) in [5, 5.41) is 11.1. The normalized spacial score (nSPS) is 11.4. The van der Waals surface area contributed by atoms with Gasteiger partial charge in [-0.2, -0.15) is 0 Å². The SMILES string of the molecule is CN(C)/C=C(\C(=O)O)C(=O)c1ccc2ccccc2c1. The molecule has 0 radical (unpaired) electrons. The number of carboxylic acids is 1. The van der Waals surface area contributed by atoms with Crippen molar-refractivity contribution in [3.8, 4) is 0 Å². The van der Waals surface area contributed by atoms with Crippen molar-refractivity contribution in [2.45, 2.75) is 0 Å². The van der Waals surface area contributed by atoms with Gasteiger partial charge in [0.25, 0.3) is 0 Å². The first kappa shape index (κ1) is 13.8. The number of nitrogens with zero attached hydrogens (tertiary/aromatic N) is 1. The summed E-state index contributed by atoms with van der Waals surface area (Å²) in [5.41, 5.74) is 0.129. The molecular weight excluding hydrogens is 254 g/mol. The van der Waals surface area contributed by atoms with Crippen LogP contribution in [0, 0.1) is 0 Å². The molecule has 1 N–H and O–H groups in total. The van der Waals surface area contributed by atoms with E-state index in [0.29, 0.717) is 5.56 Å². The molecule has 0 saturated heterocycles.